The van der Waals surface area contributed by atoms with E-state index in [-0.39, 0.29) is 36.3 Å². The second-order valence-electron chi connectivity index (χ2n) is 12.5. The first-order chi connectivity index (χ1) is 22.7. The zero-order chi connectivity index (χ0) is 32.7. The van der Waals surface area contributed by atoms with Gasteiger partial charge in [0.15, 0.2) is 6.29 Å². The lowest BCUT2D eigenvalue weighted by Gasteiger charge is -2.27. The molecule has 0 spiro atoms. The Morgan fingerprint density at radius 3 is 2.45 bits per heavy atom. The molecule has 2 fully saturated rings. The summed E-state index contributed by atoms with van der Waals surface area (Å²) in [7, 11) is 0. The number of ether oxygens (including phenoxy) is 2. The van der Waals surface area contributed by atoms with Gasteiger partial charge in [0.2, 0.25) is 5.88 Å². The molecule has 2 amide bonds. The molecule has 7 rings (SSSR count). The fourth-order valence-electron chi connectivity index (χ4n) is 6.11. The van der Waals surface area contributed by atoms with Crippen molar-refractivity contribution < 1.29 is 28.2 Å². The van der Waals surface area contributed by atoms with Gasteiger partial charge in [0.1, 0.15) is 29.9 Å². The third kappa shape index (κ3) is 6.29. The molecular weight excluding hydrogens is 601 g/mol. The maximum Gasteiger partial charge on any atom is 0.408 e. The molecule has 1 aliphatic carbocycles. The summed E-state index contributed by atoms with van der Waals surface area (Å²) in [5, 5.41) is 2.94. The summed E-state index contributed by atoms with van der Waals surface area (Å²) in [5.74, 6) is 0.228. The summed E-state index contributed by atoms with van der Waals surface area (Å²) in [6.45, 7) is 4.94. The van der Waals surface area contributed by atoms with Gasteiger partial charge in [-0.2, -0.15) is 0 Å². The molecule has 11 heteroatoms. The third-order valence-corrected chi connectivity index (χ3v) is 8.79. The molecule has 0 radical (unpaired) electrons. The zero-order valence-electron chi connectivity index (χ0n) is 25.8. The van der Waals surface area contributed by atoms with Crippen LogP contribution in [0.4, 0.5) is 9.18 Å². The van der Waals surface area contributed by atoms with E-state index in [4.69, 9.17) is 14.5 Å². The lowest BCUT2D eigenvalue weighted by atomic mass is 9.93. The number of likely N-dealkylation sites (tertiary alicyclic amines) is 1. The van der Waals surface area contributed by atoms with Crippen molar-refractivity contribution in [3.63, 3.8) is 0 Å². The molecule has 0 bridgehead atoms. The minimum absolute atomic E-state index is 0.0927. The summed E-state index contributed by atoms with van der Waals surface area (Å²) in [6.07, 6.45) is 3.26. The Morgan fingerprint density at radius 2 is 1.72 bits per heavy atom. The lowest BCUT2D eigenvalue weighted by Crippen LogP contribution is -2.41. The second kappa shape index (κ2) is 12.0. The van der Waals surface area contributed by atoms with Crippen LogP contribution >= 0.6 is 0 Å². The van der Waals surface area contributed by atoms with E-state index >= 15 is 0 Å². The van der Waals surface area contributed by atoms with Crippen LogP contribution in [0.1, 0.15) is 45.8 Å². The Hall–Kier alpha value is -5.58. The van der Waals surface area contributed by atoms with Crippen LogP contribution in [-0.2, 0) is 16.9 Å². The fraction of sp³-hybridized carbons (Fsp3) is 0.250. The SMILES string of the molecule is CC(C)(NC(=O)OCc1ccccc1)c1cc(OC2[C@H]3CN(C(=O)c4ccc5nc(C=O)cn5c4)C[C@@H]23)nc(-c2ccc(F)cc2)c1. The number of hydrogen-bond acceptors (Lipinski definition) is 7. The molecule has 1 aliphatic heterocycles. The summed E-state index contributed by atoms with van der Waals surface area (Å²) in [4.78, 5) is 47.9. The molecule has 4 heterocycles. The highest BCUT2D eigenvalue weighted by Crippen LogP contribution is 2.48. The molecule has 2 aromatic carbocycles. The molecular formula is C36H32FN5O5. The largest absolute Gasteiger partial charge is 0.474 e. The minimum Gasteiger partial charge on any atom is -0.474 e. The van der Waals surface area contributed by atoms with Crippen LogP contribution < -0.4 is 10.1 Å². The monoisotopic (exact) mass is 633 g/mol. The van der Waals surface area contributed by atoms with E-state index in [1.165, 1.54) is 12.1 Å². The quantitative estimate of drug-likeness (QED) is 0.208. The number of nitrogens with zero attached hydrogens (tertiary/aromatic N) is 4. The number of carbonyl (C=O) groups is 3. The van der Waals surface area contributed by atoms with Crippen LogP contribution in [0.5, 0.6) is 5.88 Å². The van der Waals surface area contributed by atoms with Gasteiger partial charge in [-0.3, -0.25) is 9.59 Å². The van der Waals surface area contributed by atoms with Crippen molar-refractivity contribution in [1.82, 2.24) is 24.6 Å². The Balaban J connectivity index is 1.05. The van der Waals surface area contributed by atoms with Gasteiger partial charge >= 0.3 is 6.09 Å². The maximum atomic E-state index is 13.7. The Morgan fingerprint density at radius 1 is 0.979 bits per heavy atom. The smallest absolute Gasteiger partial charge is 0.408 e. The third-order valence-electron chi connectivity index (χ3n) is 8.79. The van der Waals surface area contributed by atoms with E-state index < -0.39 is 11.6 Å². The van der Waals surface area contributed by atoms with Crippen molar-refractivity contribution in [2.45, 2.75) is 32.1 Å². The van der Waals surface area contributed by atoms with Gasteiger partial charge in [0, 0.05) is 48.9 Å². The predicted octanol–water partition coefficient (Wildman–Crippen LogP) is 5.66. The number of alkyl carbamates (subject to hydrolysis) is 1. The molecule has 3 atom stereocenters. The van der Waals surface area contributed by atoms with E-state index in [9.17, 15) is 18.8 Å². The Bertz CT molecular complexity index is 1970. The molecule has 47 heavy (non-hydrogen) atoms. The number of rotatable bonds is 9. The number of carbonyl (C=O) groups excluding carboxylic acids is 3. The van der Waals surface area contributed by atoms with Gasteiger partial charge < -0.3 is 24.1 Å². The Labute approximate surface area is 270 Å². The van der Waals surface area contributed by atoms with Gasteiger partial charge in [0.25, 0.3) is 5.91 Å². The summed E-state index contributed by atoms with van der Waals surface area (Å²) in [5.41, 5.74) is 3.42. The highest BCUT2D eigenvalue weighted by atomic mass is 19.1. The number of amides is 2. The van der Waals surface area contributed by atoms with Gasteiger partial charge in [-0.15, -0.1) is 0 Å². The van der Waals surface area contributed by atoms with E-state index in [0.717, 1.165) is 11.1 Å². The van der Waals surface area contributed by atoms with E-state index in [1.807, 2.05) is 55.1 Å². The van der Waals surface area contributed by atoms with E-state index in [1.54, 1.807) is 47.1 Å². The average Bonchev–Trinajstić information content (AvgIpc) is 3.38. The Kier molecular flexibility index (Phi) is 7.67. The number of fused-ring (bicyclic) bond motifs is 2. The zero-order valence-corrected chi connectivity index (χ0v) is 25.8. The number of aldehydes is 1. The van der Waals surface area contributed by atoms with Crippen LogP contribution in [0.3, 0.4) is 0 Å². The number of benzene rings is 2. The number of nitrogens with one attached hydrogen (secondary N) is 1. The summed E-state index contributed by atoms with van der Waals surface area (Å²) in [6, 6.07) is 22.6. The van der Waals surface area contributed by atoms with E-state index in [2.05, 4.69) is 10.3 Å². The number of pyridine rings is 2. The number of piperidine rings is 1. The van der Waals surface area contributed by atoms with Crippen molar-refractivity contribution in [3.8, 4) is 17.1 Å². The van der Waals surface area contributed by atoms with Crippen molar-refractivity contribution in [2.75, 3.05) is 13.1 Å². The molecule has 1 unspecified atom stereocenters. The van der Waals surface area contributed by atoms with Gasteiger partial charge in [0.05, 0.1) is 16.8 Å². The molecule has 1 saturated heterocycles. The second-order valence-corrected chi connectivity index (χ2v) is 12.5. The molecule has 2 aliphatic rings. The topological polar surface area (TPSA) is 115 Å². The first-order valence-corrected chi connectivity index (χ1v) is 15.3. The summed E-state index contributed by atoms with van der Waals surface area (Å²) < 4.78 is 27.3. The van der Waals surface area contributed by atoms with Gasteiger partial charge in [-0.1, -0.05) is 30.3 Å². The van der Waals surface area contributed by atoms with Crippen LogP contribution in [-0.4, -0.2) is 56.7 Å². The van der Waals surface area contributed by atoms with Crippen LogP contribution in [0, 0.1) is 17.7 Å². The maximum absolute atomic E-state index is 13.7. The van der Waals surface area contributed by atoms with Crippen molar-refractivity contribution in [1.29, 1.82) is 0 Å². The van der Waals surface area contributed by atoms with Crippen LogP contribution in [0.15, 0.2) is 91.3 Å². The lowest BCUT2D eigenvalue weighted by molar-refractivity contribution is 0.0750. The molecule has 1 saturated carbocycles. The number of halogens is 1. The van der Waals surface area contributed by atoms with Crippen molar-refractivity contribution in [2.24, 2.45) is 11.8 Å². The van der Waals surface area contributed by atoms with E-state index in [0.29, 0.717) is 53.4 Å². The highest BCUT2D eigenvalue weighted by Gasteiger charge is 2.59. The number of hydrogen-bond donors (Lipinski definition) is 1. The fourth-order valence-corrected chi connectivity index (χ4v) is 6.11. The first kappa shape index (κ1) is 30.1. The normalized spacial score (nSPS) is 18.4. The molecule has 5 aromatic rings. The number of imidazole rings is 1. The molecule has 238 valence electrons. The van der Waals surface area contributed by atoms with Crippen molar-refractivity contribution in [3.05, 3.63) is 119 Å². The average molecular weight is 634 g/mol. The number of aromatic nitrogens is 3. The standard InChI is InChI=1S/C36H32FN5O5/c1-36(2,40-35(45)46-21-22-6-4-3-5-7-22)25-14-30(23-8-11-26(37)12-9-23)39-32(15-25)47-33-28-18-42(19-29(28)33)34(44)24-10-13-31-38-27(20-43)17-41(31)16-24/h3-17,20,28-29,33H,18-19,21H2,1-2H3,(H,40,45)/t28-,29+,33?. The molecule has 3 aromatic heterocycles. The minimum atomic E-state index is -0.866. The predicted molar refractivity (Wildman–Crippen MR) is 170 cm³/mol. The molecule has 10 nitrogen and oxygen atoms in total. The summed E-state index contributed by atoms with van der Waals surface area (Å²) >= 11 is 0. The molecule has 1 N–H and O–H groups in total. The van der Waals surface area contributed by atoms with Gasteiger partial charge in [-0.25, -0.2) is 19.2 Å². The highest BCUT2D eigenvalue weighted by molar-refractivity contribution is 5.94. The van der Waals surface area contributed by atoms with Gasteiger partial charge in [-0.05, 0) is 67.4 Å². The van der Waals surface area contributed by atoms with Crippen LogP contribution in [0.25, 0.3) is 16.9 Å². The first-order valence-electron chi connectivity index (χ1n) is 15.3. The van der Waals surface area contributed by atoms with Crippen molar-refractivity contribution >= 4 is 23.9 Å². The van der Waals surface area contributed by atoms with Crippen LogP contribution in [0.2, 0.25) is 0 Å².